The molecule has 7 nitrogen and oxygen atoms in total. The summed E-state index contributed by atoms with van der Waals surface area (Å²) in [5, 5.41) is 3.01. The molecular weight excluding hydrogens is 459 g/mol. The van der Waals surface area contributed by atoms with Gasteiger partial charge in [-0.1, -0.05) is 71.6 Å². The predicted octanol–water partition coefficient (Wildman–Crippen LogP) is 5.77. The topological polar surface area (TPSA) is 84.9 Å². The SMILES string of the molecule is CCCCCCCCCC(=O)N[C@@H](COP(=O)(O)OCC[N+](C)(C)C)CSCCCCCC. The Hall–Kier alpha value is -0.110. The highest BCUT2D eigenvalue weighted by Gasteiger charge is 2.25. The molecule has 0 spiro atoms. The number of phosphoric ester groups is 1. The van der Waals surface area contributed by atoms with Crippen molar-refractivity contribution in [3.8, 4) is 0 Å². The number of hydrogen-bond acceptors (Lipinski definition) is 5. The van der Waals surface area contributed by atoms with Gasteiger partial charge >= 0.3 is 7.82 Å². The summed E-state index contributed by atoms with van der Waals surface area (Å²) in [6.07, 6.45) is 13.4. The minimum Gasteiger partial charge on any atom is -0.350 e. The van der Waals surface area contributed by atoms with Crippen LogP contribution in [0.25, 0.3) is 0 Å². The van der Waals surface area contributed by atoms with Crippen LogP contribution >= 0.6 is 19.6 Å². The number of hydrogen-bond donors (Lipinski definition) is 2. The highest BCUT2D eigenvalue weighted by molar-refractivity contribution is 7.99. The Balaban J connectivity index is 4.43. The van der Waals surface area contributed by atoms with E-state index >= 15 is 0 Å². The Morgan fingerprint density at radius 2 is 1.52 bits per heavy atom. The summed E-state index contributed by atoms with van der Waals surface area (Å²) in [5.74, 6) is 1.66. The first-order valence-electron chi connectivity index (χ1n) is 12.9. The number of carbonyl (C=O) groups excluding carboxylic acids is 1. The van der Waals surface area contributed by atoms with Crippen LogP contribution in [-0.4, -0.2) is 73.7 Å². The van der Waals surface area contributed by atoms with Crippen molar-refractivity contribution in [2.24, 2.45) is 0 Å². The normalized spacial score (nSPS) is 14.7. The molecule has 0 heterocycles. The lowest BCUT2D eigenvalue weighted by Crippen LogP contribution is -2.40. The highest BCUT2D eigenvalue weighted by Crippen LogP contribution is 2.43. The van der Waals surface area contributed by atoms with Crippen molar-refractivity contribution in [2.45, 2.75) is 96.9 Å². The second-order valence-electron chi connectivity index (χ2n) is 9.88. The van der Waals surface area contributed by atoms with Crippen LogP contribution < -0.4 is 5.32 Å². The number of likely N-dealkylation sites (N-methyl/N-ethyl adjacent to an activating group) is 1. The first-order chi connectivity index (χ1) is 15.6. The first kappa shape index (κ1) is 32.9. The third kappa shape index (κ3) is 23.4. The molecule has 33 heavy (non-hydrogen) atoms. The van der Waals surface area contributed by atoms with Gasteiger partial charge in [-0.15, -0.1) is 0 Å². The van der Waals surface area contributed by atoms with Crippen molar-refractivity contribution in [1.29, 1.82) is 0 Å². The van der Waals surface area contributed by atoms with Crippen LogP contribution in [0.3, 0.4) is 0 Å². The van der Waals surface area contributed by atoms with Gasteiger partial charge in [0.05, 0.1) is 33.8 Å². The number of unbranched alkanes of at least 4 members (excludes halogenated alkanes) is 9. The summed E-state index contributed by atoms with van der Waals surface area (Å²) in [6, 6.07) is -0.305. The van der Waals surface area contributed by atoms with Gasteiger partial charge in [0.25, 0.3) is 0 Å². The minimum atomic E-state index is -4.14. The van der Waals surface area contributed by atoms with Crippen molar-refractivity contribution in [3.05, 3.63) is 0 Å². The average Bonchev–Trinajstić information content (AvgIpc) is 2.72. The third-order valence-electron chi connectivity index (χ3n) is 5.29. The maximum atomic E-state index is 12.4. The van der Waals surface area contributed by atoms with Crippen molar-refractivity contribution in [1.82, 2.24) is 5.32 Å². The fourth-order valence-corrected chi connectivity index (χ4v) is 4.98. The zero-order chi connectivity index (χ0) is 25.0. The van der Waals surface area contributed by atoms with Crippen molar-refractivity contribution in [2.75, 3.05) is 52.4 Å². The smallest absolute Gasteiger partial charge is 0.350 e. The fraction of sp³-hybridized carbons (Fsp3) is 0.958. The summed E-state index contributed by atoms with van der Waals surface area (Å²) in [4.78, 5) is 22.4. The van der Waals surface area contributed by atoms with Crippen LogP contribution in [0.1, 0.15) is 90.9 Å². The molecule has 0 aliphatic heterocycles. The first-order valence-corrected chi connectivity index (χ1v) is 15.5. The highest BCUT2D eigenvalue weighted by atomic mass is 32.2. The van der Waals surface area contributed by atoms with E-state index < -0.39 is 7.82 Å². The molecule has 0 fully saturated rings. The largest absolute Gasteiger partial charge is 0.472 e. The molecule has 0 bridgehead atoms. The van der Waals surface area contributed by atoms with Gasteiger partial charge in [-0.25, -0.2) is 4.57 Å². The lowest BCUT2D eigenvalue weighted by atomic mass is 10.1. The molecular formula is C24H52N2O5PS+. The standard InChI is InChI=1S/C24H51N2O5PS/c1-6-8-10-12-13-14-15-17-24(27)25-23(22-33-20-16-11-9-7-2)21-31-32(28,29)30-19-18-26(3,4)5/h23H,6-22H2,1-5H3,(H-,25,27,28,29)/p+1/t23-/m0/s1. The molecule has 0 rings (SSSR count). The molecule has 1 amide bonds. The van der Waals surface area contributed by atoms with Gasteiger partial charge < -0.3 is 14.7 Å². The summed E-state index contributed by atoms with van der Waals surface area (Å²) in [6.45, 7) is 5.11. The summed E-state index contributed by atoms with van der Waals surface area (Å²) in [7, 11) is 1.82. The summed E-state index contributed by atoms with van der Waals surface area (Å²) in [5.41, 5.74) is 0. The lowest BCUT2D eigenvalue weighted by Gasteiger charge is -2.24. The monoisotopic (exact) mass is 511 g/mol. The molecule has 0 radical (unpaired) electrons. The Morgan fingerprint density at radius 3 is 2.12 bits per heavy atom. The molecule has 0 aromatic carbocycles. The zero-order valence-corrected chi connectivity index (χ0v) is 23.7. The Bertz CT molecular complexity index is 531. The number of nitrogens with one attached hydrogen (secondary N) is 1. The molecule has 0 aliphatic rings. The van der Waals surface area contributed by atoms with Crippen LogP contribution in [0.4, 0.5) is 0 Å². The van der Waals surface area contributed by atoms with E-state index in [1.165, 1.54) is 51.4 Å². The van der Waals surface area contributed by atoms with Gasteiger partial charge in [-0.05, 0) is 18.6 Å². The lowest BCUT2D eigenvalue weighted by molar-refractivity contribution is -0.870. The Morgan fingerprint density at radius 1 is 0.939 bits per heavy atom. The molecule has 0 aromatic heterocycles. The second kappa shape index (κ2) is 20.1. The van der Waals surface area contributed by atoms with E-state index in [0.717, 1.165) is 25.0 Å². The Labute approximate surface area is 208 Å². The number of carbonyl (C=O) groups is 1. The van der Waals surface area contributed by atoms with Crippen molar-refractivity contribution >= 4 is 25.5 Å². The minimum absolute atomic E-state index is 0.0116. The van der Waals surface area contributed by atoms with E-state index in [1.807, 2.05) is 21.1 Å². The number of nitrogens with zero attached hydrogens (tertiary/aromatic N) is 1. The van der Waals surface area contributed by atoms with Gasteiger partial charge in [0.1, 0.15) is 13.2 Å². The van der Waals surface area contributed by atoms with E-state index in [9.17, 15) is 14.3 Å². The van der Waals surface area contributed by atoms with Gasteiger partial charge in [0.15, 0.2) is 0 Å². The fourth-order valence-electron chi connectivity index (χ4n) is 3.18. The number of rotatable bonds is 23. The predicted molar refractivity (Wildman–Crippen MR) is 141 cm³/mol. The van der Waals surface area contributed by atoms with E-state index in [0.29, 0.717) is 23.2 Å². The molecule has 0 aromatic rings. The third-order valence-corrected chi connectivity index (χ3v) is 7.49. The van der Waals surface area contributed by atoms with Gasteiger partial charge in [-0.3, -0.25) is 13.8 Å². The molecule has 0 aliphatic carbocycles. The molecule has 1 unspecified atom stereocenters. The number of amides is 1. The van der Waals surface area contributed by atoms with Gasteiger partial charge in [0.2, 0.25) is 5.91 Å². The van der Waals surface area contributed by atoms with Crippen LogP contribution in [0.2, 0.25) is 0 Å². The van der Waals surface area contributed by atoms with Crippen LogP contribution in [0.15, 0.2) is 0 Å². The number of thioether (sulfide) groups is 1. The van der Waals surface area contributed by atoms with Crippen LogP contribution in [0, 0.1) is 0 Å². The van der Waals surface area contributed by atoms with E-state index in [4.69, 9.17) is 9.05 Å². The van der Waals surface area contributed by atoms with Crippen LogP contribution in [-0.2, 0) is 18.4 Å². The van der Waals surface area contributed by atoms with Crippen molar-refractivity contribution < 1.29 is 27.8 Å². The molecule has 2 N–H and O–H groups in total. The second-order valence-corrected chi connectivity index (χ2v) is 12.5. The van der Waals surface area contributed by atoms with E-state index in [-0.39, 0.29) is 25.2 Å². The van der Waals surface area contributed by atoms with Crippen LogP contribution in [0.5, 0.6) is 0 Å². The maximum absolute atomic E-state index is 12.4. The van der Waals surface area contributed by atoms with E-state index in [1.54, 1.807) is 11.8 Å². The molecule has 2 atom stereocenters. The Kier molecular flexibility index (Phi) is 20.1. The quantitative estimate of drug-likeness (QED) is 0.103. The maximum Gasteiger partial charge on any atom is 0.472 e. The summed E-state index contributed by atoms with van der Waals surface area (Å²) < 4.78 is 23.2. The van der Waals surface area contributed by atoms with Gasteiger partial charge in [-0.2, -0.15) is 11.8 Å². The zero-order valence-electron chi connectivity index (χ0n) is 22.0. The number of quaternary nitrogens is 1. The van der Waals surface area contributed by atoms with E-state index in [2.05, 4.69) is 19.2 Å². The molecule has 9 heteroatoms. The molecule has 198 valence electrons. The number of phosphoric acid groups is 1. The molecule has 0 saturated carbocycles. The van der Waals surface area contributed by atoms with Crippen molar-refractivity contribution in [3.63, 3.8) is 0 Å². The average molecular weight is 512 g/mol. The molecule has 0 saturated heterocycles. The summed E-state index contributed by atoms with van der Waals surface area (Å²) >= 11 is 1.76. The van der Waals surface area contributed by atoms with Gasteiger partial charge in [0, 0.05) is 12.2 Å².